The molecule has 2 fully saturated rings. The largest absolute Gasteiger partial charge is 0.381 e. The van der Waals surface area contributed by atoms with E-state index in [1.807, 2.05) is 0 Å². The Morgan fingerprint density at radius 2 is 2.17 bits per heavy atom. The number of hydrogen-bond donors (Lipinski definition) is 2. The highest BCUT2D eigenvalue weighted by atomic mass is 16.5. The molecule has 4 nitrogen and oxygen atoms in total. The second-order valence-corrected chi connectivity index (χ2v) is 6.38. The van der Waals surface area contributed by atoms with Gasteiger partial charge in [-0.25, -0.2) is 0 Å². The molecule has 0 spiro atoms. The molecule has 104 valence electrons. The maximum absolute atomic E-state index is 12.3. The third-order valence-electron chi connectivity index (χ3n) is 5.08. The minimum absolute atomic E-state index is 0.0429. The fraction of sp³-hybridized carbons (Fsp3) is 0.929. The lowest BCUT2D eigenvalue weighted by molar-refractivity contribution is -0.137. The maximum atomic E-state index is 12.3. The van der Waals surface area contributed by atoms with Crippen molar-refractivity contribution in [3.8, 4) is 0 Å². The van der Waals surface area contributed by atoms with Gasteiger partial charge in [-0.3, -0.25) is 4.79 Å². The molecular formula is C14H26N2O2. The molecule has 2 aliphatic carbocycles. The minimum atomic E-state index is 0.0429. The van der Waals surface area contributed by atoms with Crippen molar-refractivity contribution in [1.29, 1.82) is 0 Å². The predicted molar refractivity (Wildman–Crippen MR) is 71.0 cm³/mol. The highest BCUT2D eigenvalue weighted by Crippen LogP contribution is 2.43. The molecule has 0 heterocycles. The topological polar surface area (TPSA) is 64.3 Å². The smallest absolute Gasteiger partial charge is 0.223 e. The Kier molecular flexibility index (Phi) is 3.97. The highest BCUT2D eigenvalue weighted by molar-refractivity contribution is 5.79. The van der Waals surface area contributed by atoms with Gasteiger partial charge in [-0.15, -0.1) is 0 Å². The number of carbonyl (C=O) groups is 1. The van der Waals surface area contributed by atoms with Crippen molar-refractivity contribution in [1.82, 2.24) is 5.32 Å². The van der Waals surface area contributed by atoms with Gasteiger partial charge in [-0.2, -0.15) is 0 Å². The van der Waals surface area contributed by atoms with Gasteiger partial charge in [0, 0.05) is 24.5 Å². The second-order valence-electron chi connectivity index (χ2n) is 6.38. The van der Waals surface area contributed by atoms with E-state index in [1.54, 1.807) is 7.11 Å². The van der Waals surface area contributed by atoms with E-state index in [9.17, 15) is 4.79 Å². The van der Waals surface area contributed by atoms with Crippen LogP contribution in [0.5, 0.6) is 0 Å². The van der Waals surface area contributed by atoms with Gasteiger partial charge in [0.1, 0.15) is 0 Å². The van der Waals surface area contributed by atoms with Crippen molar-refractivity contribution in [3.63, 3.8) is 0 Å². The molecule has 0 aromatic heterocycles. The Balaban J connectivity index is 1.89. The molecule has 2 unspecified atom stereocenters. The first-order valence-corrected chi connectivity index (χ1v) is 7.04. The zero-order valence-corrected chi connectivity index (χ0v) is 11.7. The van der Waals surface area contributed by atoms with Crippen LogP contribution in [-0.2, 0) is 9.53 Å². The summed E-state index contributed by atoms with van der Waals surface area (Å²) in [6.07, 6.45) is 4.42. The van der Waals surface area contributed by atoms with Gasteiger partial charge in [0.05, 0.1) is 6.10 Å². The maximum Gasteiger partial charge on any atom is 0.223 e. The van der Waals surface area contributed by atoms with Crippen LogP contribution in [0.1, 0.15) is 39.5 Å². The van der Waals surface area contributed by atoms with E-state index >= 15 is 0 Å². The normalized spacial score (nSPS) is 38.2. The van der Waals surface area contributed by atoms with E-state index in [-0.39, 0.29) is 29.4 Å². The Morgan fingerprint density at radius 3 is 2.72 bits per heavy atom. The van der Waals surface area contributed by atoms with Crippen molar-refractivity contribution in [2.24, 2.45) is 23.0 Å². The third-order valence-corrected chi connectivity index (χ3v) is 5.08. The van der Waals surface area contributed by atoms with Gasteiger partial charge in [-0.1, -0.05) is 20.3 Å². The van der Waals surface area contributed by atoms with Crippen molar-refractivity contribution < 1.29 is 9.53 Å². The average molecular weight is 254 g/mol. The zero-order valence-electron chi connectivity index (χ0n) is 11.7. The minimum Gasteiger partial charge on any atom is -0.381 e. The summed E-state index contributed by atoms with van der Waals surface area (Å²) in [6, 6.07) is 0.244. The Morgan fingerprint density at radius 1 is 1.44 bits per heavy atom. The summed E-state index contributed by atoms with van der Waals surface area (Å²) in [4.78, 5) is 12.3. The van der Waals surface area contributed by atoms with Crippen LogP contribution in [0.2, 0.25) is 0 Å². The monoisotopic (exact) mass is 254 g/mol. The lowest BCUT2D eigenvalue weighted by Gasteiger charge is -2.51. The van der Waals surface area contributed by atoms with Gasteiger partial charge in [0.15, 0.2) is 0 Å². The van der Waals surface area contributed by atoms with E-state index in [0.29, 0.717) is 12.5 Å². The SMILES string of the molecule is COC1CC(NC(=O)[C@@H]2CCC[C@@H]2CN)C1(C)C. The van der Waals surface area contributed by atoms with Crippen LogP contribution in [0.4, 0.5) is 0 Å². The number of nitrogens with one attached hydrogen (secondary N) is 1. The number of nitrogens with two attached hydrogens (primary N) is 1. The first kappa shape index (κ1) is 13.8. The molecule has 0 saturated heterocycles. The van der Waals surface area contributed by atoms with Crippen molar-refractivity contribution >= 4 is 5.91 Å². The molecule has 0 bridgehead atoms. The van der Waals surface area contributed by atoms with Gasteiger partial charge in [0.25, 0.3) is 0 Å². The summed E-state index contributed by atoms with van der Waals surface area (Å²) in [5.74, 6) is 0.717. The standard InChI is InChI=1S/C14H26N2O2/c1-14(2)11(7-12(14)18-3)16-13(17)10-6-4-5-9(10)8-15/h9-12H,4-8,15H2,1-3H3,(H,16,17)/t9-,10-,11?,12?/m1/s1. The van der Waals surface area contributed by atoms with E-state index < -0.39 is 0 Å². The fourth-order valence-electron chi connectivity index (χ4n) is 3.47. The highest BCUT2D eigenvalue weighted by Gasteiger charge is 2.50. The first-order chi connectivity index (χ1) is 8.50. The van der Waals surface area contributed by atoms with Crippen molar-refractivity contribution in [2.45, 2.75) is 51.7 Å². The third kappa shape index (κ3) is 2.28. The molecule has 0 aliphatic heterocycles. The molecule has 2 saturated carbocycles. The molecular weight excluding hydrogens is 228 g/mol. The number of hydrogen-bond acceptors (Lipinski definition) is 3. The summed E-state index contributed by atoms with van der Waals surface area (Å²) in [5.41, 5.74) is 5.78. The molecule has 18 heavy (non-hydrogen) atoms. The predicted octanol–water partition coefficient (Wildman–Crippen LogP) is 1.29. The van der Waals surface area contributed by atoms with Gasteiger partial charge in [-0.05, 0) is 31.7 Å². The average Bonchev–Trinajstić information content (AvgIpc) is 2.81. The number of rotatable bonds is 4. The lowest BCUT2D eigenvalue weighted by atomic mass is 9.64. The summed E-state index contributed by atoms with van der Waals surface area (Å²) in [5, 5.41) is 3.20. The van der Waals surface area contributed by atoms with E-state index in [4.69, 9.17) is 10.5 Å². The van der Waals surface area contributed by atoms with Crippen LogP contribution < -0.4 is 11.1 Å². The number of carbonyl (C=O) groups excluding carboxylic acids is 1. The Bertz CT molecular complexity index is 317. The molecule has 2 rings (SSSR count). The van der Waals surface area contributed by atoms with E-state index in [0.717, 1.165) is 25.7 Å². The molecule has 0 aromatic carbocycles. The number of methoxy groups -OCH3 is 1. The van der Waals surface area contributed by atoms with Crippen molar-refractivity contribution in [3.05, 3.63) is 0 Å². The van der Waals surface area contributed by atoms with Crippen LogP contribution in [-0.4, -0.2) is 31.7 Å². The first-order valence-electron chi connectivity index (χ1n) is 7.04. The van der Waals surface area contributed by atoms with Crippen molar-refractivity contribution in [2.75, 3.05) is 13.7 Å². The Labute approximate surface area is 110 Å². The van der Waals surface area contributed by atoms with Crippen LogP contribution >= 0.6 is 0 Å². The fourth-order valence-corrected chi connectivity index (χ4v) is 3.47. The summed E-state index contributed by atoms with van der Waals surface area (Å²) in [6.45, 7) is 4.95. The lowest BCUT2D eigenvalue weighted by Crippen LogP contribution is -2.62. The van der Waals surface area contributed by atoms with Gasteiger partial charge < -0.3 is 15.8 Å². The van der Waals surface area contributed by atoms with Crippen LogP contribution in [0.25, 0.3) is 0 Å². The summed E-state index contributed by atoms with van der Waals surface area (Å²) < 4.78 is 5.41. The molecule has 2 aliphatic rings. The van der Waals surface area contributed by atoms with Crippen LogP contribution in [0.3, 0.4) is 0 Å². The van der Waals surface area contributed by atoms with E-state index in [2.05, 4.69) is 19.2 Å². The molecule has 0 radical (unpaired) electrons. The second kappa shape index (κ2) is 5.17. The summed E-state index contributed by atoms with van der Waals surface area (Å²) in [7, 11) is 1.74. The number of amides is 1. The number of ether oxygens (including phenoxy) is 1. The Hall–Kier alpha value is -0.610. The van der Waals surface area contributed by atoms with Gasteiger partial charge >= 0.3 is 0 Å². The molecule has 4 atom stereocenters. The van der Waals surface area contributed by atoms with Crippen LogP contribution in [0.15, 0.2) is 0 Å². The van der Waals surface area contributed by atoms with E-state index in [1.165, 1.54) is 0 Å². The summed E-state index contributed by atoms with van der Waals surface area (Å²) >= 11 is 0. The van der Waals surface area contributed by atoms with Crippen LogP contribution in [0, 0.1) is 17.3 Å². The molecule has 3 N–H and O–H groups in total. The zero-order chi connectivity index (χ0) is 13.3. The quantitative estimate of drug-likeness (QED) is 0.794. The molecule has 0 aromatic rings. The van der Waals surface area contributed by atoms with Gasteiger partial charge in [0.2, 0.25) is 5.91 Å². The molecule has 1 amide bonds. The molecule has 4 heteroatoms.